The summed E-state index contributed by atoms with van der Waals surface area (Å²) < 4.78 is 26.8. The molecule has 0 saturated carbocycles. The van der Waals surface area contributed by atoms with Crippen LogP contribution >= 0.6 is 11.8 Å². The van der Waals surface area contributed by atoms with E-state index in [0.29, 0.717) is 12.5 Å². The van der Waals surface area contributed by atoms with E-state index in [1.807, 2.05) is 44.5 Å². The van der Waals surface area contributed by atoms with Gasteiger partial charge in [-0.2, -0.15) is 11.8 Å². The summed E-state index contributed by atoms with van der Waals surface area (Å²) in [5.74, 6) is 1.34. The van der Waals surface area contributed by atoms with Crippen LogP contribution < -0.4 is 10.0 Å². The quantitative estimate of drug-likeness (QED) is 0.730. The molecule has 0 spiro atoms. The molecule has 1 rings (SSSR count). The van der Waals surface area contributed by atoms with Gasteiger partial charge in [0.05, 0.1) is 5.75 Å². The second-order valence-electron chi connectivity index (χ2n) is 5.02. The van der Waals surface area contributed by atoms with E-state index < -0.39 is 10.0 Å². The first-order valence-electron chi connectivity index (χ1n) is 6.65. The Hall–Kier alpha value is -0.560. The molecule has 0 aliphatic carbocycles. The van der Waals surface area contributed by atoms with Crippen LogP contribution in [0.5, 0.6) is 0 Å². The fraction of sp³-hybridized carbons (Fsp3) is 0.571. The second-order valence-corrected chi connectivity index (χ2v) is 7.74. The third-order valence-electron chi connectivity index (χ3n) is 2.83. The van der Waals surface area contributed by atoms with E-state index in [-0.39, 0.29) is 5.75 Å². The van der Waals surface area contributed by atoms with E-state index in [1.54, 1.807) is 11.8 Å². The van der Waals surface area contributed by atoms with Gasteiger partial charge in [-0.25, -0.2) is 13.1 Å². The molecule has 1 aromatic rings. The normalized spacial score (nSPS) is 13.3. The van der Waals surface area contributed by atoms with Gasteiger partial charge in [-0.3, -0.25) is 0 Å². The lowest BCUT2D eigenvalue weighted by atomic mass is 10.1. The summed E-state index contributed by atoms with van der Waals surface area (Å²) in [6.07, 6.45) is 2.03. The lowest BCUT2D eigenvalue weighted by Gasteiger charge is -2.12. The molecule has 20 heavy (non-hydrogen) atoms. The third kappa shape index (κ3) is 6.74. The molecular weight excluding hydrogens is 292 g/mol. The SMILES string of the molecule is CNCc1cccc(CS(=O)(=O)NCC(C)CSC)c1. The monoisotopic (exact) mass is 316 g/mol. The zero-order chi connectivity index (χ0) is 15.0. The summed E-state index contributed by atoms with van der Waals surface area (Å²) in [5.41, 5.74) is 1.92. The van der Waals surface area contributed by atoms with Crippen LogP contribution in [0.15, 0.2) is 24.3 Å². The summed E-state index contributed by atoms with van der Waals surface area (Å²) in [5, 5.41) is 3.06. The van der Waals surface area contributed by atoms with Crippen molar-refractivity contribution < 1.29 is 8.42 Å². The molecule has 114 valence electrons. The molecular formula is C14H24N2O2S2. The minimum absolute atomic E-state index is 0.0382. The van der Waals surface area contributed by atoms with Crippen LogP contribution in [0.4, 0.5) is 0 Å². The Morgan fingerprint density at radius 3 is 2.65 bits per heavy atom. The Labute approximate surface area is 126 Å². The highest BCUT2D eigenvalue weighted by Gasteiger charge is 2.13. The van der Waals surface area contributed by atoms with Crippen LogP contribution in [0.1, 0.15) is 18.1 Å². The van der Waals surface area contributed by atoms with Gasteiger partial charge in [0.2, 0.25) is 10.0 Å². The second kappa shape index (κ2) is 8.67. The maximum Gasteiger partial charge on any atom is 0.215 e. The maximum absolute atomic E-state index is 12.0. The van der Waals surface area contributed by atoms with Crippen LogP contribution in [0, 0.1) is 5.92 Å². The maximum atomic E-state index is 12.0. The fourth-order valence-corrected chi connectivity index (χ4v) is 3.86. The van der Waals surface area contributed by atoms with Crippen LogP contribution in [0.25, 0.3) is 0 Å². The van der Waals surface area contributed by atoms with E-state index in [9.17, 15) is 8.42 Å². The van der Waals surface area contributed by atoms with E-state index in [0.717, 1.165) is 23.4 Å². The molecule has 6 heteroatoms. The van der Waals surface area contributed by atoms with E-state index in [2.05, 4.69) is 10.0 Å². The third-order valence-corrected chi connectivity index (χ3v) is 5.05. The number of hydrogen-bond donors (Lipinski definition) is 2. The molecule has 0 aliphatic heterocycles. The Kier molecular flexibility index (Phi) is 7.58. The molecule has 0 saturated heterocycles. The minimum atomic E-state index is -3.26. The van der Waals surface area contributed by atoms with Crippen LogP contribution in [0.2, 0.25) is 0 Å². The van der Waals surface area contributed by atoms with Crippen molar-refractivity contribution in [2.45, 2.75) is 19.2 Å². The van der Waals surface area contributed by atoms with E-state index in [1.165, 1.54) is 0 Å². The zero-order valence-electron chi connectivity index (χ0n) is 12.3. The predicted molar refractivity (Wildman–Crippen MR) is 87.4 cm³/mol. The van der Waals surface area contributed by atoms with Crippen LogP contribution in [0.3, 0.4) is 0 Å². The van der Waals surface area contributed by atoms with Crippen molar-refractivity contribution in [1.29, 1.82) is 0 Å². The standard InChI is InChI=1S/C14H24N2O2S2/c1-12(10-19-3)8-16-20(17,18)11-14-6-4-5-13(7-14)9-15-2/h4-7,12,15-16H,8-11H2,1-3H3. The molecule has 0 fully saturated rings. The Bertz CT molecular complexity index is 504. The van der Waals surface area contributed by atoms with Gasteiger partial charge in [0.15, 0.2) is 0 Å². The number of nitrogens with one attached hydrogen (secondary N) is 2. The summed E-state index contributed by atoms with van der Waals surface area (Å²) in [6, 6.07) is 7.67. The van der Waals surface area contributed by atoms with Gasteiger partial charge in [0, 0.05) is 13.1 Å². The molecule has 0 heterocycles. The van der Waals surface area contributed by atoms with Crippen molar-refractivity contribution in [1.82, 2.24) is 10.0 Å². The molecule has 4 nitrogen and oxygen atoms in total. The van der Waals surface area contributed by atoms with Crippen molar-refractivity contribution in [2.24, 2.45) is 5.92 Å². The molecule has 1 aromatic carbocycles. The largest absolute Gasteiger partial charge is 0.316 e. The van der Waals surface area contributed by atoms with Crippen LogP contribution in [-0.2, 0) is 22.3 Å². The average molecular weight is 316 g/mol. The van der Waals surface area contributed by atoms with Gasteiger partial charge in [0.25, 0.3) is 0 Å². The van der Waals surface area contributed by atoms with Gasteiger partial charge in [0.1, 0.15) is 0 Å². The molecule has 0 aliphatic rings. The predicted octanol–water partition coefficient (Wildman–Crippen LogP) is 1.82. The summed E-state index contributed by atoms with van der Waals surface area (Å²) in [6.45, 7) is 3.29. The van der Waals surface area contributed by atoms with Crippen molar-refractivity contribution in [3.8, 4) is 0 Å². The number of rotatable bonds is 9. The molecule has 0 amide bonds. The lowest BCUT2D eigenvalue weighted by molar-refractivity contribution is 0.562. The molecule has 1 atom stereocenters. The smallest absolute Gasteiger partial charge is 0.215 e. The number of hydrogen-bond acceptors (Lipinski definition) is 4. The van der Waals surface area contributed by atoms with Crippen molar-refractivity contribution in [3.63, 3.8) is 0 Å². The highest BCUT2D eigenvalue weighted by Crippen LogP contribution is 2.09. The van der Waals surface area contributed by atoms with Gasteiger partial charge >= 0.3 is 0 Å². The van der Waals surface area contributed by atoms with Gasteiger partial charge in [-0.05, 0) is 36.1 Å². The Morgan fingerprint density at radius 2 is 2.00 bits per heavy atom. The van der Waals surface area contributed by atoms with E-state index >= 15 is 0 Å². The van der Waals surface area contributed by atoms with Gasteiger partial charge < -0.3 is 5.32 Å². The average Bonchev–Trinajstić information content (AvgIpc) is 2.37. The van der Waals surface area contributed by atoms with Gasteiger partial charge in [-0.15, -0.1) is 0 Å². The fourth-order valence-electron chi connectivity index (χ4n) is 1.92. The van der Waals surface area contributed by atoms with Crippen molar-refractivity contribution in [2.75, 3.05) is 25.6 Å². The zero-order valence-corrected chi connectivity index (χ0v) is 14.0. The van der Waals surface area contributed by atoms with E-state index in [4.69, 9.17) is 0 Å². The molecule has 0 radical (unpaired) electrons. The van der Waals surface area contributed by atoms with Crippen molar-refractivity contribution >= 4 is 21.8 Å². The number of sulfonamides is 1. The van der Waals surface area contributed by atoms with Gasteiger partial charge in [-0.1, -0.05) is 31.2 Å². The number of thioether (sulfide) groups is 1. The molecule has 0 bridgehead atoms. The molecule has 1 unspecified atom stereocenters. The topological polar surface area (TPSA) is 58.2 Å². The summed E-state index contributed by atoms with van der Waals surface area (Å²) >= 11 is 1.73. The highest BCUT2D eigenvalue weighted by molar-refractivity contribution is 7.98. The van der Waals surface area contributed by atoms with Crippen molar-refractivity contribution in [3.05, 3.63) is 35.4 Å². The Balaban J connectivity index is 2.59. The molecule has 2 N–H and O–H groups in total. The summed E-state index contributed by atoms with van der Waals surface area (Å²) in [4.78, 5) is 0. The van der Waals surface area contributed by atoms with Crippen LogP contribution in [-0.4, -0.2) is 34.0 Å². The first-order chi connectivity index (χ1) is 9.46. The summed E-state index contributed by atoms with van der Waals surface area (Å²) in [7, 11) is -1.39. The minimum Gasteiger partial charge on any atom is -0.316 e. The number of benzene rings is 1. The molecule has 0 aromatic heterocycles. The first-order valence-corrected chi connectivity index (χ1v) is 9.70. The highest BCUT2D eigenvalue weighted by atomic mass is 32.2. The first kappa shape index (κ1) is 17.5. The Morgan fingerprint density at radius 1 is 1.30 bits per heavy atom. The lowest BCUT2D eigenvalue weighted by Crippen LogP contribution is -2.30.